The fourth-order valence-corrected chi connectivity index (χ4v) is 4.94. The van der Waals surface area contributed by atoms with Crippen molar-refractivity contribution in [1.82, 2.24) is 10.2 Å². The minimum absolute atomic E-state index is 0.0857. The van der Waals surface area contributed by atoms with Crippen LogP contribution in [-0.2, 0) is 10.5 Å². The van der Waals surface area contributed by atoms with E-state index in [1.807, 2.05) is 18.2 Å². The molecule has 0 aromatic heterocycles. The normalized spacial score (nSPS) is 24.1. The minimum atomic E-state index is -0.762. The Morgan fingerprint density at radius 2 is 2.23 bits per heavy atom. The van der Waals surface area contributed by atoms with Gasteiger partial charge in [0.05, 0.1) is 17.0 Å². The number of likely N-dealkylation sites (tertiary alicyclic amines) is 1. The van der Waals surface area contributed by atoms with Gasteiger partial charge in [-0.15, -0.1) is 0 Å². The summed E-state index contributed by atoms with van der Waals surface area (Å²) in [7, 11) is 0. The van der Waals surface area contributed by atoms with Gasteiger partial charge in [0, 0.05) is 31.1 Å². The Morgan fingerprint density at radius 1 is 1.42 bits per heavy atom. The Hall–Kier alpha value is -2.20. The third-order valence-electron chi connectivity index (χ3n) is 5.50. The molecule has 1 aliphatic carbocycles. The molecule has 6 nitrogen and oxygen atoms in total. The Bertz CT molecular complexity index is 733. The molecule has 1 saturated carbocycles. The van der Waals surface area contributed by atoms with E-state index >= 15 is 0 Å². The number of hydrogen-bond donors (Lipinski definition) is 2. The van der Waals surface area contributed by atoms with Gasteiger partial charge in [-0.1, -0.05) is 24.6 Å². The van der Waals surface area contributed by atoms with Crippen LogP contribution in [0.1, 0.15) is 30.4 Å². The van der Waals surface area contributed by atoms with Crippen molar-refractivity contribution in [1.29, 1.82) is 5.26 Å². The molecule has 26 heavy (non-hydrogen) atoms. The quantitative estimate of drug-likeness (QED) is 0.748. The number of rotatable bonds is 6. The van der Waals surface area contributed by atoms with E-state index in [-0.39, 0.29) is 11.9 Å². The average Bonchev–Trinajstić information content (AvgIpc) is 3.20. The molecule has 1 aromatic carbocycles. The van der Waals surface area contributed by atoms with Crippen molar-refractivity contribution in [2.24, 2.45) is 11.3 Å². The van der Waals surface area contributed by atoms with E-state index in [9.17, 15) is 14.7 Å². The first-order chi connectivity index (χ1) is 12.6. The van der Waals surface area contributed by atoms with Crippen LogP contribution in [0.4, 0.5) is 4.79 Å². The molecule has 7 heteroatoms. The highest BCUT2D eigenvalue weighted by Gasteiger charge is 2.55. The van der Waals surface area contributed by atoms with Crippen LogP contribution in [0.3, 0.4) is 0 Å². The van der Waals surface area contributed by atoms with Crippen LogP contribution in [-0.4, -0.2) is 47.4 Å². The highest BCUT2D eigenvalue weighted by molar-refractivity contribution is 7.98. The van der Waals surface area contributed by atoms with Crippen LogP contribution in [0.5, 0.6) is 0 Å². The lowest BCUT2D eigenvalue weighted by molar-refractivity contribution is -0.149. The molecule has 0 unspecified atom stereocenters. The van der Waals surface area contributed by atoms with Crippen molar-refractivity contribution in [2.45, 2.75) is 25.0 Å². The second kappa shape index (κ2) is 8.00. The number of amides is 2. The zero-order chi connectivity index (χ0) is 18.6. The Morgan fingerprint density at radius 3 is 2.96 bits per heavy atom. The van der Waals surface area contributed by atoms with Crippen LogP contribution in [0, 0.1) is 22.7 Å². The Kier molecular flexibility index (Phi) is 5.72. The SMILES string of the molecule is N#Cc1ccccc1CSCCNC(=O)N1C[C@@H]2CCC[C@@]2(C(=O)O)C1. The van der Waals surface area contributed by atoms with E-state index < -0.39 is 11.4 Å². The Labute approximate surface area is 157 Å². The summed E-state index contributed by atoms with van der Waals surface area (Å²) >= 11 is 1.66. The predicted octanol–water partition coefficient (Wildman–Crippen LogP) is 2.69. The van der Waals surface area contributed by atoms with Gasteiger partial charge in [-0.2, -0.15) is 17.0 Å². The molecule has 2 fully saturated rings. The predicted molar refractivity (Wildman–Crippen MR) is 99.7 cm³/mol. The molecule has 0 spiro atoms. The molecule has 3 rings (SSSR count). The molecule has 2 aliphatic rings. The van der Waals surface area contributed by atoms with Gasteiger partial charge < -0.3 is 15.3 Å². The van der Waals surface area contributed by atoms with Gasteiger partial charge in [0.2, 0.25) is 0 Å². The van der Waals surface area contributed by atoms with Crippen LogP contribution in [0.25, 0.3) is 0 Å². The molecule has 0 radical (unpaired) electrons. The number of thioether (sulfide) groups is 1. The summed E-state index contributed by atoms with van der Waals surface area (Å²) < 4.78 is 0. The molecule has 1 aromatic rings. The number of nitrogens with one attached hydrogen (secondary N) is 1. The van der Waals surface area contributed by atoms with E-state index in [0.717, 1.165) is 29.9 Å². The summed E-state index contributed by atoms with van der Waals surface area (Å²) in [6.45, 7) is 1.39. The maximum absolute atomic E-state index is 12.3. The van der Waals surface area contributed by atoms with Crippen LogP contribution in [0.15, 0.2) is 24.3 Å². The van der Waals surface area contributed by atoms with Gasteiger partial charge in [0.25, 0.3) is 0 Å². The number of carboxylic acids is 1. The van der Waals surface area contributed by atoms with Crippen molar-refractivity contribution in [3.05, 3.63) is 35.4 Å². The molecule has 0 bridgehead atoms. The van der Waals surface area contributed by atoms with Gasteiger partial charge in [-0.05, 0) is 30.4 Å². The second-order valence-corrected chi connectivity index (χ2v) is 8.09. The molecule has 2 atom stereocenters. The zero-order valence-electron chi connectivity index (χ0n) is 14.6. The number of nitrogens with zero attached hydrogens (tertiary/aromatic N) is 2. The van der Waals surface area contributed by atoms with E-state index in [1.54, 1.807) is 22.7 Å². The average molecular weight is 373 g/mol. The fraction of sp³-hybridized carbons (Fsp3) is 0.526. The number of carbonyl (C=O) groups excluding carboxylic acids is 1. The largest absolute Gasteiger partial charge is 0.481 e. The number of carbonyl (C=O) groups is 2. The van der Waals surface area contributed by atoms with Gasteiger partial charge in [0.15, 0.2) is 0 Å². The summed E-state index contributed by atoms with van der Waals surface area (Å²) in [6.07, 6.45) is 2.50. The standard InChI is InChI=1S/C19H23N3O3S/c20-10-14-4-1-2-5-15(14)12-26-9-8-21-18(25)22-11-16-6-3-7-19(16,13-22)17(23)24/h1-2,4-5,16H,3,6-9,11-13H2,(H,21,25)(H,23,24)/t16-,19+/m0/s1. The van der Waals surface area contributed by atoms with Crippen molar-refractivity contribution in [2.75, 3.05) is 25.4 Å². The fourth-order valence-electron chi connectivity index (χ4n) is 4.07. The number of benzene rings is 1. The molecular weight excluding hydrogens is 350 g/mol. The number of carboxylic acid groups (broad SMARTS) is 1. The minimum Gasteiger partial charge on any atom is -0.481 e. The summed E-state index contributed by atoms with van der Waals surface area (Å²) in [4.78, 5) is 25.7. The third kappa shape index (κ3) is 3.65. The molecule has 1 heterocycles. The number of aliphatic carboxylic acids is 1. The summed E-state index contributed by atoms with van der Waals surface area (Å²) in [5, 5.41) is 21.6. The first-order valence-corrected chi connectivity index (χ1v) is 10.0. The smallest absolute Gasteiger partial charge is 0.317 e. The maximum Gasteiger partial charge on any atom is 0.317 e. The van der Waals surface area contributed by atoms with Gasteiger partial charge >= 0.3 is 12.0 Å². The van der Waals surface area contributed by atoms with Crippen LogP contribution >= 0.6 is 11.8 Å². The van der Waals surface area contributed by atoms with Gasteiger partial charge in [-0.25, -0.2) is 4.79 Å². The highest BCUT2D eigenvalue weighted by Crippen LogP contribution is 2.48. The van der Waals surface area contributed by atoms with E-state index in [1.165, 1.54) is 0 Å². The molecular formula is C19H23N3O3S. The Balaban J connectivity index is 1.41. The van der Waals surface area contributed by atoms with Crippen LogP contribution < -0.4 is 5.32 Å². The number of hydrogen-bond acceptors (Lipinski definition) is 4. The van der Waals surface area contributed by atoms with Gasteiger partial charge in [-0.3, -0.25) is 4.79 Å². The lowest BCUT2D eigenvalue weighted by atomic mass is 9.81. The lowest BCUT2D eigenvalue weighted by Crippen LogP contribution is -2.42. The number of nitriles is 1. The van der Waals surface area contributed by atoms with E-state index in [0.29, 0.717) is 31.6 Å². The van der Waals surface area contributed by atoms with E-state index in [4.69, 9.17) is 5.26 Å². The maximum atomic E-state index is 12.3. The summed E-state index contributed by atoms with van der Waals surface area (Å²) in [5.41, 5.74) is 0.960. The topological polar surface area (TPSA) is 93.4 Å². The summed E-state index contributed by atoms with van der Waals surface area (Å²) in [6, 6.07) is 9.53. The first-order valence-electron chi connectivity index (χ1n) is 8.89. The molecule has 138 valence electrons. The first kappa shape index (κ1) is 18.6. The number of fused-ring (bicyclic) bond motifs is 1. The summed E-state index contributed by atoms with van der Waals surface area (Å²) in [5.74, 6) is 0.796. The molecule has 1 saturated heterocycles. The van der Waals surface area contributed by atoms with Crippen molar-refractivity contribution in [3.63, 3.8) is 0 Å². The van der Waals surface area contributed by atoms with Gasteiger partial charge in [0.1, 0.15) is 0 Å². The second-order valence-electron chi connectivity index (χ2n) is 6.98. The monoisotopic (exact) mass is 373 g/mol. The molecule has 1 aliphatic heterocycles. The van der Waals surface area contributed by atoms with Crippen molar-refractivity contribution in [3.8, 4) is 6.07 Å². The van der Waals surface area contributed by atoms with E-state index in [2.05, 4.69) is 11.4 Å². The molecule has 2 N–H and O–H groups in total. The van der Waals surface area contributed by atoms with Crippen LogP contribution in [0.2, 0.25) is 0 Å². The van der Waals surface area contributed by atoms with Crippen molar-refractivity contribution >= 4 is 23.8 Å². The molecule has 2 amide bonds. The third-order valence-corrected chi connectivity index (χ3v) is 6.51. The van der Waals surface area contributed by atoms with Crippen molar-refractivity contribution < 1.29 is 14.7 Å². The zero-order valence-corrected chi connectivity index (χ0v) is 15.4. The lowest BCUT2D eigenvalue weighted by Gasteiger charge is -2.23. The highest BCUT2D eigenvalue weighted by atomic mass is 32.2. The number of urea groups is 1.